The van der Waals surface area contributed by atoms with E-state index in [0.717, 1.165) is 69.2 Å². The first-order valence-corrected chi connectivity index (χ1v) is 8.12. The Kier molecular flexibility index (Phi) is 3.42. The van der Waals surface area contributed by atoms with Crippen molar-refractivity contribution in [3.63, 3.8) is 0 Å². The molecule has 21 heavy (non-hydrogen) atoms. The molecule has 0 bridgehead atoms. The summed E-state index contributed by atoms with van der Waals surface area (Å²) in [5, 5.41) is 3.49. The first-order valence-electron chi connectivity index (χ1n) is 8.12. The number of benzene rings is 1. The van der Waals surface area contributed by atoms with Crippen molar-refractivity contribution in [2.45, 2.75) is 38.0 Å². The second kappa shape index (κ2) is 5.41. The summed E-state index contributed by atoms with van der Waals surface area (Å²) >= 11 is 0. The fourth-order valence-corrected chi connectivity index (χ4v) is 3.99. The normalized spacial score (nSPS) is 23.8. The average Bonchev–Trinajstić information content (AvgIpc) is 3.06. The van der Waals surface area contributed by atoms with Crippen LogP contribution in [0, 0.1) is 0 Å². The largest absolute Gasteiger partial charge is 0.493 e. The molecule has 0 aliphatic carbocycles. The van der Waals surface area contributed by atoms with Gasteiger partial charge in [-0.3, -0.25) is 0 Å². The molecule has 0 aromatic heterocycles. The van der Waals surface area contributed by atoms with Crippen LogP contribution in [-0.2, 0) is 12.8 Å². The van der Waals surface area contributed by atoms with Crippen molar-refractivity contribution in [2.75, 3.05) is 33.4 Å². The SMILES string of the molecule is COc1c2c(c(C3CCNC3)c3c1OCCC3)OCCC2. The van der Waals surface area contributed by atoms with E-state index in [0.29, 0.717) is 5.92 Å². The number of methoxy groups -OCH3 is 1. The molecule has 4 nitrogen and oxygen atoms in total. The van der Waals surface area contributed by atoms with Crippen LogP contribution >= 0.6 is 0 Å². The molecule has 4 heteroatoms. The summed E-state index contributed by atoms with van der Waals surface area (Å²) in [6, 6.07) is 0. The lowest BCUT2D eigenvalue weighted by molar-refractivity contribution is 0.249. The van der Waals surface area contributed by atoms with E-state index in [4.69, 9.17) is 14.2 Å². The van der Waals surface area contributed by atoms with E-state index in [1.54, 1.807) is 7.11 Å². The Morgan fingerprint density at radius 3 is 2.52 bits per heavy atom. The van der Waals surface area contributed by atoms with Crippen LogP contribution in [0.15, 0.2) is 0 Å². The van der Waals surface area contributed by atoms with Crippen LogP contribution in [0.2, 0.25) is 0 Å². The van der Waals surface area contributed by atoms with Crippen molar-refractivity contribution in [1.29, 1.82) is 0 Å². The second-order valence-corrected chi connectivity index (χ2v) is 6.16. The molecule has 3 aliphatic rings. The number of hydrogen-bond acceptors (Lipinski definition) is 4. The highest BCUT2D eigenvalue weighted by molar-refractivity contribution is 5.65. The van der Waals surface area contributed by atoms with E-state index in [9.17, 15) is 0 Å². The highest BCUT2D eigenvalue weighted by Crippen LogP contribution is 2.51. The fourth-order valence-electron chi connectivity index (χ4n) is 3.99. The van der Waals surface area contributed by atoms with Gasteiger partial charge in [0, 0.05) is 29.2 Å². The monoisotopic (exact) mass is 289 g/mol. The first-order chi connectivity index (χ1) is 10.4. The van der Waals surface area contributed by atoms with E-state index in [2.05, 4.69) is 5.32 Å². The van der Waals surface area contributed by atoms with Crippen LogP contribution in [0.25, 0.3) is 0 Å². The topological polar surface area (TPSA) is 39.7 Å². The highest BCUT2D eigenvalue weighted by Gasteiger charge is 2.34. The molecule has 0 radical (unpaired) electrons. The summed E-state index contributed by atoms with van der Waals surface area (Å²) in [4.78, 5) is 0. The minimum absolute atomic E-state index is 0.554. The Bertz CT molecular complexity index is 512. The lowest BCUT2D eigenvalue weighted by Gasteiger charge is -2.31. The van der Waals surface area contributed by atoms with Gasteiger partial charge in [0.25, 0.3) is 0 Å². The molecule has 1 aromatic carbocycles. The zero-order valence-corrected chi connectivity index (χ0v) is 12.7. The van der Waals surface area contributed by atoms with Crippen molar-refractivity contribution in [2.24, 2.45) is 0 Å². The summed E-state index contributed by atoms with van der Waals surface area (Å²) in [5.41, 5.74) is 3.98. The molecular formula is C17H23NO3. The number of fused-ring (bicyclic) bond motifs is 2. The summed E-state index contributed by atoms with van der Waals surface area (Å²) in [6.07, 6.45) is 5.44. The van der Waals surface area contributed by atoms with Crippen LogP contribution in [0.5, 0.6) is 17.2 Å². The zero-order valence-electron chi connectivity index (χ0n) is 12.7. The summed E-state index contributed by atoms with van der Waals surface area (Å²) in [6.45, 7) is 3.77. The molecule has 1 aromatic rings. The Hall–Kier alpha value is -1.42. The predicted octanol–water partition coefficient (Wildman–Crippen LogP) is 2.42. The van der Waals surface area contributed by atoms with Gasteiger partial charge in [-0.1, -0.05) is 0 Å². The highest BCUT2D eigenvalue weighted by atomic mass is 16.5. The van der Waals surface area contributed by atoms with Gasteiger partial charge in [0.1, 0.15) is 5.75 Å². The van der Waals surface area contributed by atoms with Gasteiger partial charge in [0.05, 0.1) is 20.3 Å². The Labute approximate surface area is 125 Å². The number of ether oxygens (including phenoxy) is 3. The van der Waals surface area contributed by atoms with Crippen LogP contribution in [0.4, 0.5) is 0 Å². The maximum atomic E-state index is 6.11. The fraction of sp³-hybridized carbons (Fsp3) is 0.647. The van der Waals surface area contributed by atoms with E-state index in [1.807, 2.05) is 0 Å². The smallest absolute Gasteiger partial charge is 0.167 e. The third-order valence-corrected chi connectivity index (χ3v) is 4.91. The molecule has 4 rings (SSSR count). The van der Waals surface area contributed by atoms with Gasteiger partial charge in [-0.05, 0) is 38.6 Å². The van der Waals surface area contributed by atoms with Crippen molar-refractivity contribution in [3.05, 3.63) is 16.7 Å². The van der Waals surface area contributed by atoms with Gasteiger partial charge in [-0.25, -0.2) is 0 Å². The molecule has 1 N–H and O–H groups in total. The van der Waals surface area contributed by atoms with Crippen molar-refractivity contribution in [1.82, 2.24) is 5.32 Å². The Balaban J connectivity index is 1.94. The average molecular weight is 289 g/mol. The molecule has 1 unspecified atom stereocenters. The number of hydrogen-bond donors (Lipinski definition) is 1. The van der Waals surface area contributed by atoms with Crippen LogP contribution < -0.4 is 19.5 Å². The third kappa shape index (κ3) is 2.08. The zero-order chi connectivity index (χ0) is 14.2. The van der Waals surface area contributed by atoms with Gasteiger partial charge < -0.3 is 19.5 Å². The van der Waals surface area contributed by atoms with Crippen molar-refractivity contribution in [3.8, 4) is 17.2 Å². The summed E-state index contributed by atoms with van der Waals surface area (Å²) < 4.78 is 17.8. The quantitative estimate of drug-likeness (QED) is 0.907. The van der Waals surface area contributed by atoms with Crippen molar-refractivity contribution < 1.29 is 14.2 Å². The lowest BCUT2D eigenvalue weighted by atomic mass is 9.85. The molecule has 0 spiro atoms. The van der Waals surface area contributed by atoms with Crippen LogP contribution in [0.1, 0.15) is 41.9 Å². The molecule has 1 atom stereocenters. The van der Waals surface area contributed by atoms with Gasteiger partial charge in [-0.2, -0.15) is 0 Å². The molecule has 3 aliphatic heterocycles. The molecule has 114 valence electrons. The summed E-state index contributed by atoms with van der Waals surface area (Å²) in [5.74, 6) is 3.58. The van der Waals surface area contributed by atoms with Crippen LogP contribution in [0.3, 0.4) is 0 Å². The predicted molar refractivity (Wildman–Crippen MR) is 80.9 cm³/mol. The van der Waals surface area contributed by atoms with Crippen LogP contribution in [-0.4, -0.2) is 33.4 Å². The molecule has 0 amide bonds. The Morgan fingerprint density at radius 2 is 1.81 bits per heavy atom. The van der Waals surface area contributed by atoms with Gasteiger partial charge in [0.15, 0.2) is 11.5 Å². The van der Waals surface area contributed by atoms with Gasteiger partial charge >= 0.3 is 0 Å². The van der Waals surface area contributed by atoms with E-state index in [-0.39, 0.29) is 0 Å². The van der Waals surface area contributed by atoms with Gasteiger partial charge in [-0.15, -0.1) is 0 Å². The molecule has 1 fully saturated rings. The van der Waals surface area contributed by atoms with E-state index >= 15 is 0 Å². The number of rotatable bonds is 2. The minimum atomic E-state index is 0.554. The second-order valence-electron chi connectivity index (χ2n) is 6.16. The van der Waals surface area contributed by atoms with Gasteiger partial charge in [0.2, 0.25) is 0 Å². The minimum Gasteiger partial charge on any atom is -0.493 e. The maximum Gasteiger partial charge on any atom is 0.167 e. The third-order valence-electron chi connectivity index (χ3n) is 4.91. The molecule has 0 saturated carbocycles. The first kappa shape index (κ1) is 13.3. The van der Waals surface area contributed by atoms with E-state index in [1.165, 1.54) is 23.1 Å². The van der Waals surface area contributed by atoms with Crippen molar-refractivity contribution >= 4 is 0 Å². The number of nitrogens with one attached hydrogen (secondary N) is 1. The molecular weight excluding hydrogens is 266 g/mol. The van der Waals surface area contributed by atoms with E-state index < -0.39 is 0 Å². The maximum absolute atomic E-state index is 6.11. The Morgan fingerprint density at radius 1 is 1.05 bits per heavy atom. The standard InChI is InChI=1S/C17H23NO3/c1-19-16-13-5-3-8-20-15(13)14(11-6-7-18-10-11)12-4-2-9-21-17(12)16/h11,18H,2-10H2,1H3. The summed E-state index contributed by atoms with van der Waals surface area (Å²) in [7, 11) is 1.75. The molecule has 1 saturated heterocycles. The lowest BCUT2D eigenvalue weighted by Crippen LogP contribution is -2.20. The molecule has 3 heterocycles.